The van der Waals surface area contributed by atoms with Crippen molar-refractivity contribution in [3.05, 3.63) is 36.9 Å². The van der Waals surface area contributed by atoms with Crippen LogP contribution in [0.2, 0.25) is 0 Å². The van der Waals surface area contributed by atoms with Crippen LogP contribution >= 0.6 is 0 Å². The number of benzene rings is 1. The summed E-state index contributed by atoms with van der Waals surface area (Å²) >= 11 is 0. The zero-order chi connectivity index (χ0) is 17.1. The molecule has 0 heterocycles. The zero-order valence-electron chi connectivity index (χ0n) is 13.7. The topological polar surface area (TPSA) is 75.3 Å². The van der Waals surface area contributed by atoms with Gasteiger partial charge in [0, 0.05) is 18.7 Å². The molecule has 0 saturated carbocycles. The number of hydrogen-bond acceptors (Lipinski definition) is 3. The summed E-state index contributed by atoms with van der Waals surface area (Å²) in [6, 6.07) is 6.14. The van der Waals surface area contributed by atoms with Crippen molar-refractivity contribution in [2.75, 3.05) is 11.9 Å². The van der Waals surface area contributed by atoms with Crippen molar-refractivity contribution in [1.29, 1.82) is 0 Å². The Morgan fingerprint density at radius 2 is 1.78 bits per heavy atom. The number of amides is 1. The molecule has 6 heteroatoms. The first-order valence-electron chi connectivity index (χ1n) is 8.00. The number of rotatable bonds is 11. The Labute approximate surface area is 139 Å². The average molecular weight is 338 g/mol. The van der Waals surface area contributed by atoms with Crippen molar-refractivity contribution in [3.8, 4) is 0 Å². The van der Waals surface area contributed by atoms with Crippen molar-refractivity contribution >= 4 is 21.6 Å². The Morgan fingerprint density at radius 3 is 2.39 bits per heavy atom. The second-order valence-corrected chi connectivity index (χ2v) is 7.14. The number of anilines is 1. The van der Waals surface area contributed by atoms with Gasteiger partial charge in [-0.1, -0.05) is 38.7 Å². The highest BCUT2D eigenvalue weighted by atomic mass is 32.2. The number of carbonyl (C=O) groups excluding carboxylic acids is 1. The summed E-state index contributed by atoms with van der Waals surface area (Å²) in [6.45, 7) is 5.81. The van der Waals surface area contributed by atoms with Crippen molar-refractivity contribution in [1.82, 2.24) is 4.72 Å². The Kier molecular flexibility index (Phi) is 8.58. The molecule has 5 nitrogen and oxygen atoms in total. The summed E-state index contributed by atoms with van der Waals surface area (Å²) < 4.78 is 26.2. The van der Waals surface area contributed by atoms with Crippen molar-refractivity contribution in [3.63, 3.8) is 0 Å². The summed E-state index contributed by atoms with van der Waals surface area (Å²) in [4.78, 5) is 12.0. The van der Waals surface area contributed by atoms with Gasteiger partial charge in [0.15, 0.2) is 0 Å². The molecule has 0 bridgehead atoms. The van der Waals surface area contributed by atoms with E-state index in [9.17, 15) is 13.2 Å². The lowest BCUT2D eigenvalue weighted by molar-refractivity contribution is -0.116. The van der Waals surface area contributed by atoms with Crippen LogP contribution in [0.5, 0.6) is 0 Å². The SMILES string of the molecule is C=CCNS(=O)(=O)c1ccc(NC(=O)CCCCCCC)cc1. The van der Waals surface area contributed by atoms with Crippen LogP contribution in [0.15, 0.2) is 41.8 Å². The molecule has 1 aromatic carbocycles. The fourth-order valence-electron chi connectivity index (χ4n) is 2.08. The molecule has 0 fully saturated rings. The Balaban J connectivity index is 2.47. The van der Waals surface area contributed by atoms with Gasteiger partial charge in [0.2, 0.25) is 15.9 Å². The fourth-order valence-corrected chi connectivity index (χ4v) is 3.08. The molecule has 0 radical (unpaired) electrons. The van der Waals surface area contributed by atoms with Gasteiger partial charge in [-0.25, -0.2) is 13.1 Å². The van der Waals surface area contributed by atoms with Crippen LogP contribution < -0.4 is 10.0 Å². The molecule has 0 aromatic heterocycles. The maximum atomic E-state index is 11.9. The van der Waals surface area contributed by atoms with Crippen LogP contribution in [0.3, 0.4) is 0 Å². The summed E-state index contributed by atoms with van der Waals surface area (Å²) in [6.07, 6.45) is 7.46. The Morgan fingerprint density at radius 1 is 1.13 bits per heavy atom. The number of carbonyl (C=O) groups is 1. The molecule has 2 N–H and O–H groups in total. The standard InChI is InChI=1S/C17H26N2O3S/c1-3-5-6-7-8-9-17(20)19-15-10-12-16(13-11-15)23(21,22)18-14-4-2/h4,10-13,18H,2-3,5-9,14H2,1H3,(H,19,20). The highest BCUT2D eigenvalue weighted by Gasteiger charge is 2.12. The van der Waals surface area contributed by atoms with Gasteiger partial charge < -0.3 is 5.32 Å². The van der Waals surface area contributed by atoms with Crippen LogP contribution in [0, 0.1) is 0 Å². The molecule has 23 heavy (non-hydrogen) atoms. The monoisotopic (exact) mass is 338 g/mol. The van der Waals surface area contributed by atoms with E-state index in [4.69, 9.17) is 0 Å². The van der Waals surface area contributed by atoms with Gasteiger partial charge in [-0.2, -0.15) is 0 Å². The normalized spacial score (nSPS) is 11.2. The quantitative estimate of drug-likeness (QED) is 0.479. The first-order valence-corrected chi connectivity index (χ1v) is 9.48. The van der Waals surface area contributed by atoms with E-state index in [1.165, 1.54) is 31.1 Å². The summed E-state index contributed by atoms with van der Waals surface area (Å²) in [5.41, 5.74) is 0.603. The third kappa shape index (κ3) is 7.43. The van der Waals surface area contributed by atoms with Crippen molar-refractivity contribution in [2.45, 2.75) is 50.3 Å². The second kappa shape index (κ2) is 10.2. The molecule has 0 unspecified atom stereocenters. The molecule has 1 aromatic rings. The van der Waals surface area contributed by atoms with Gasteiger partial charge in [0.25, 0.3) is 0 Å². The molecule has 0 atom stereocenters. The van der Waals surface area contributed by atoms with E-state index < -0.39 is 10.0 Å². The van der Waals surface area contributed by atoms with Crippen LogP contribution in [0.4, 0.5) is 5.69 Å². The zero-order valence-corrected chi connectivity index (χ0v) is 14.5. The average Bonchev–Trinajstić information content (AvgIpc) is 2.53. The van der Waals surface area contributed by atoms with Crippen LogP contribution in [-0.4, -0.2) is 20.9 Å². The summed E-state index contributed by atoms with van der Waals surface area (Å²) in [5, 5.41) is 2.78. The molecule has 0 aliphatic carbocycles. The smallest absolute Gasteiger partial charge is 0.240 e. The maximum Gasteiger partial charge on any atom is 0.240 e. The molecule has 0 aliphatic rings. The van der Waals surface area contributed by atoms with E-state index >= 15 is 0 Å². The minimum Gasteiger partial charge on any atom is -0.326 e. The minimum atomic E-state index is -3.52. The van der Waals surface area contributed by atoms with Gasteiger partial charge in [0.1, 0.15) is 0 Å². The Hall–Kier alpha value is -1.66. The molecular weight excluding hydrogens is 312 g/mol. The highest BCUT2D eigenvalue weighted by Crippen LogP contribution is 2.14. The summed E-state index contributed by atoms with van der Waals surface area (Å²) in [5.74, 6) is -0.0399. The van der Waals surface area contributed by atoms with Gasteiger partial charge >= 0.3 is 0 Å². The number of unbranched alkanes of at least 4 members (excludes halogenated alkanes) is 4. The van der Waals surface area contributed by atoms with Gasteiger partial charge in [-0.3, -0.25) is 4.79 Å². The van der Waals surface area contributed by atoms with Gasteiger partial charge in [0.05, 0.1) is 4.90 Å². The largest absolute Gasteiger partial charge is 0.326 e. The van der Waals surface area contributed by atoms with Gasteiger partial charge in [-0.05, 0) is 30.7 Å². The third-order valence-corrected chi connectivity index (χ3v) is 4.81. The van der Waals surface area contributed by atoms with E-state index in [-0.39, 0.29) is 17.3 Å². The predicted octanol–water partition coefficient (Wildman–Crippen LogP) is 3.45. The van der Waals surface area contributed by atoms with E-state index in [2.05, 4.69) is 23.5 Å². The highest BCUT2D eigenvalue weighted by molar-refractivity contribution is 7.89. The number of nitrogens with one attached hydrogen (secondary N) is 2. The number of sulfonamides is 1. The van der Waals surface area contributed by atoms with E-state index in [0.29, 0.717) is 12.1 Å². The van der Waals surface area contributed by atoms with Crippen LogP contribution in [0.25, 0.3) is 0 Å². The lowest BCUT2D eigenvalue weighted by Gasteiger charge is -2.08. The molecule has 0 saturated heterocycles. The second-order valence-electron chi connectivity index (χ2n) is 5.38. The third-order valence-electron chi connectivity index (χ3n) is 3.37. The fraction of sp³-hybridized carbons (Fsp3) is 0.471. The number of hydrogen-bond donors (Lipinski definition) is 2. The lowest BCUT2D eigenvalue weighted by atomic mass is 10.1. The minimum absolute atomic E-state index is 0.0399. The van der Waals surface area contributed by atoms with Gasteiger partial charge in [-0.15, -0.1) is 6.58 Å². The molecular formula is C17H26N2O3S. The molecule has 1 rings (SSSR count). The molecule has 0 spiro atoms. The molecule has 1 amide bonds. The first-order chi connectivity index (χ1) is 11.0. The predicted molar refractivity (Wildman–Crippen MR) is 93.8 cm³/mol. The van der Waals surface area contributed by atoms with Crippen molar-refractivity contribution in [2.24, 2.45) is 0 Å². The Bertz CT molecular complexity index is 595. The molecule has 128 valence electrons. The molecule has 0 aliphatic heterocycles. The van der Waals surface area contributed by atoms with Crippen LogP contribution in [-0.2, 0) is 14.8 Å². The van der Waals surface area contributed by atoms with E-state index in [0.717, 1.165) is 19.3 Å². The maximum absolute atomic E-state index is 11.9. The lowest BCUT2D eigenvalue weighted by Crippen LogP contribution is -2.23. The van der Waals surface area contributed by atoms with E-state index in [1.807, 2.05) is 0 Å². The van der Waals surface area contributed by atoms with Crippen molar-refractivity contribution < 1.29 is 13.2 Å². The first kappa shape index (κ1) is 19.4. The van der Waals surface area contributed by atoms with Crippen LogP contribution in [0.1, 0.15) is 45.4 Å². The summed E-state index contributed by atoms with van der Waals surface area (Å²) in [7, 11) is -3.52. The van der Waals surface area contributed by atoms with E-state index in [1.54, 1.807) is 12.1 Å².